The van der Waals surface area contributed by atoms with Gasteiger partial charge in [0.05, 0.1) is 0 Å². The second-order valence-corrected chi connectivity index (χ2v) is 7.72. The van der Waals surface area contributed by atoms with Crippen LogP contribution in [-0.2, 0) is 0 Å². The first-order valence-electron chi connectivity index (χ1n) is 8.55. The molecule has 0 aliphatic heterocycles. The van der Waals surface area contributed by atoms with Crippen molar-refractivity contribution >= 4 is 11.6 Å². The lowest BCUT2D eigenvalue weighted by molar-refractivity contribution is 0.140. The molecule has 2 N–H and O–H groups in total. The minimum absolute atomic E-state index is 0.169. The average Bonchev–Trinajstić information content (AvgIpc) is 2.58. The lowest BCUT2D eigenvalue weighted by atomic mass is 9.83. The number of hydrogen-bond donors (Lipinski definition) is 2. The third-order valence-electron chi connectivity index (χ3n) is 5.15. The molecule has 4 heteroatoms. The van der Waals surface area contributed by atoms with Crippen LogP contribution < -0.4 is 10.9 Å². The molecule has 0 spiro atoms. The highest BCUT2D eigenvalue weighted by Gasteiger charge is 2.27. The molecule has 1 unspecified atom stereocenters. The molecule has 1 atom stereocenters. The molecule has 0 saturated carbocycles. The van der Waals surface area contributed by atoms with Crippen LogP contribution in [0.25, 0.3) is 0 Å². The molecule has 3 nitrogen and oxygen atoms in total. The van der Waals surface area contributed by atoms with Crippen molar-refractivity contribution in [1.29, 1.82) is 0 Å². The molecule has 0 aromatic rings. The predicted octanol–water partition coefficient (Wildman–Crippen LogP) is 4.58. The summed E-state index contributed by atoms with van der Waals surface area (Å²) in [5, 5.41) is 0.836. The topological polar surface area (TPSA) is 27.3 Å². The number of allylic oxidation sites excluding steroid dienone is 5. The highest BCUT2D eigenvalue weighted by molar-refractivity contribution is 6.32. The molecule has 1 aliphatic carbocycles. The van der Waals surface area contributed by atoms with Crippen LogP contribution in [-0.4, -0.2) is 31.1 Å². The average molecular weight is 340 g/mol. The number of nitrogens with zero attached hydrogens (tertiary/aromatic N) is 1. The Hall–Kier alpha value is -0.770. The first-order chi connectivity index (χ1) is 10.6. The van der Waals surface area contributed by atoms with E-state index in [2.05, 4.69) is 70.4 Å². The fourth-order valence-corrected chi connectivity index (χ4v) is 3.54. The zero-order chi connectivity index (χ0) is 17.8. The third-order valence-corrected chi connectivity index (χ3v) is 5.54. The standard InChI is InChI=1S/C19H34ClN3/c1-9-23(8)19(5,6)12-14(3)16-11-17(20)15(4)18(22-21-7)10-13(16)2/h11,14,21-22H,9-10,12H2,1-8H3. The van der Waals surface area contributed by atoms with Crippen molar-refractivity contribution in [2.75, 3.05) is 20.6 Å². The van der Waals surface area contributed by atoms with Crippen molar-refractivity contribution in [3.05, 3.63) is 33.5 Å². The van der Waals surface area contributed by atoms with Gasteiger partial charge in [-0.25, -0.2) is 5.43 Å². The first kappa shape index (κ1) is 20.3. The van der Waals surface area contributed by atoms with Gasteiger partial charge in [-0.2, -0.15) is 0 Å². The molecular weight excluding hydrogens is 306 g/mol. The van der Waals surface area contributed by atoms with Crippen LogP contribution in [0.2, 0.25) is 0 Å². The van der Waals surface area contributed by atoms with E-state index in [1.54, 1.807) is 0 Å². The van der Waals surface area contributed by atoms with Crippen molar-refractivity contribution in [2.45, 2.75) is 59.9 Å². The maximum atomic E-state index is 6.56. The van der Waals surface area contributed by atoms with Gasteiger partial charge in [0.2, 0.25) is 0 Å². The van der Waals surface area contributed by atoms with E-state index >= 15 is 0 Å². The van der Waals surface area contributed by atoms with Gasteiger partial charge in [0.1, 0.15) is 0 Å². The van der Waals surface area contributed by atoms with Crippen molar-refractivity contribution in [3.8, 4) is 0 Å². The summed E-state index contributed by atoms with van der Waals surface area (Å²) in [6, 6.07) is 0. The summed E-state index contributed by atoms with van der Waals surface area (Å²) in [5.41, 5.74) is 11.5. The van der Waals surface area contributed by atoms with Gasteiger partial charge in [0.25, 0.3) is 0 Å². The monoisotopic (exact) mass is 339 g/mol. The summed E-state index contributed by atoms with van der Waals surface area (Å²) in [5.74, 6) is 0.467. The first-order valence-corrected chi connectivity index (χ1v) is 8.92. The van der Waals surface area contributed by atoms with E-state index in [4.69, 9.17) is 11.6 Å². The van der Waals surface area contributed by atoms with Gasteiger partial charge in [-0.1, -0.05) is 31.0 Å². The zero-order valence-electron chi connectivity index (χ0n) is 16.1. The van der Waals surface area contributed by atoms with Gasteiger partial charge in [0, 0.05) is 29.7 Å². The summed E-state index contributed by atoms with van der Waals surface area (Å²) in [7, 11) is 4.08. The second kappa shape index (κ2) is 8.36. The third kappa shape index (κ3) is 5.10. The van der Waals surface area contributed by atoms with Gasteiger partial charge in [-0.15, -0.1) is 0 Å². The fraction of sp³-hybridized carbons (Fsp3) is 0.684. The van der Waals surface area contributed by atoms with Crippen molar-refractivity contribution < 1.29 is 0 Å². The molecule has 1 rings (SSSR count). The summed E-state index contributed by atoms with van der Waals surface area (Å²) >= 11 is 6.56. The molecule has 0 radical (unpaired) electrons. The van der Waals surface area contributed by atoms with E-state index in [1.165, 1.54) is 11.1 Å². The van der Waals surface area contributed by atoms with E-state index in [-0.39, 0.29) is 5.54 Å². The molecule has 0 amide bonds. The van der Waals surface area contributed by atoms with Crippen LogP contribution in [0, 0.1) is 5.92 Å². The van der Waals surface area contributed by atoms with Crippen LogP contribution in [0.3, 0.4) is 0 Å². The maximum absolute atomic E-state index is 6.56. The van der Waals surface area contributed by atoms with Gasteiger partial charge >= 0.3 is 0 Å². The quantitative estimate of drug-likeness (QED) is 0.664. The normalized spacial score (nSPS) is 18.3. The number of nitrogens with one attached hydrogen (secondary N) is 2. The molecule has 132 valence electrons. The largest absolute Gasteiger partial charge is 0.325 e. The Morgan fingerprint density at radius 3 is 2.48 bits per heavy atom. The maximum Gasteiger partial charge on any atom is 0.0455 e. The van der Waals surface area contributed by atoms with Crippen LogP contribution in [0.1, 0.15) is 54.4 Å². The number of hydrogen-bond acceptors (Lipinski definition) is 3. The van der Waals surface area contributed by atoms with Crippen molar-refractivity contribution in [2.24, 2.45) is 5.92 Å². The van der Waals surface area contributed by atoms with E-state index < -0.39 is 0 Å². The lowest BCUT2D eigenvalue weighted by Gasteiger charge is -2.37. The number of hydrazine groups is 1. The SMILES string of the molecule is CCN(C)C(C)(C)CC(C)C1=C(C)CC(NNC)=C(C)C(Cl)=C1. The Balaban J connectivity index is 3.06. The summed E-state index contributed by atoms with van der Waals surface area (Å²) < 4.78 is 0. The second-order valence-electron chi connectivity index (χ2n) is 7.32. The molecule has 0 aromatic carbocycles. The zero-order valence-corrected chi connectivity index (χ0v) is 16.9. The van der Waals surface area contributed by atoms with Crippen LogP contribution in [0.4, 0.5) is 0 Å². The van der Waals surface area contributed by atoms with Crippen LogP contribution >= 0.6 is 11.6 Å². The van der Waals surface area contributed by atoms with Gasteiger partial charge in [0.15, 0.2) is 0 Å². The van der Waals surface area contributed by atoms with Crippen molar-refractivity contribution in [3.63, 3.8) is 0 Å². The predicted molar refractivity (Wildman–Crippen MR) is 102 cm³/mol. The number of rotatable bonds is 7. The highest BCUT2D eigenvalue weighted by Crippen LogP contribution is 2.35. The van der Waals surface area contributed by atoms with E-state index in [9.17, 15) is 0 Å². The van der Waals surface area contributed by atoms with E-state index in [0.29, 0.717) is 5.92 Å². The Morgan fingerprint density at radius 2 is 1.96 bits per heavy atom. The smallest absolute Gasteiger partial charge is 0.0455 e. The van der Waals surface area contributed by atoms with Gasteiger partial charge in [-0.3, -0.25) is 0 Å². The Labute approximate surface area is 147 Å². The molecule has 0 aromatic heterocycles. The van der Waals surface area contributed by atoms with Crippen molar-refractivity contribution in [1.82, 2.24) is 15.8 Å². The Kier molecular flexibility index (Phi) is 7.37. The summed E-state index contributed by atoms with van der Waals surface area (Å²) in [4.78, 5) is 2.42. The number of halogens is 1. The molecule has 0 fully saturated rings. The highest BCUT2D eigenvalue weighted by atomic mass is 35.5. The minimum Gasteiger partial charge on any atom is -0.325 e. The Bertz CT molecular complexity index is 515. The molecule has 1 aliphatic rings. The van der Waals surface area contributed by atoms with E-state index in [0.717, 1.165) is 35.7 Å². The van der Waals surface area contributed by atoms with Crippen LogP contribution in [0.15, 0.2) is 33.5 Å². The Morgan fingerprint density at radius 1 is 1.35 bits per heavy atom. The van der Waals surface area contributed by atoms with Gasteiger partial charge < -0.3 is 10.3 Å². The fourth-order valence-electron chi connectivity index (χ4n) is 3.31. The minimum atomic E-state index is 0.169. The van der Waals surface area contributed by atoms with Crippen LogP contribution in [0.5, 0.6) is 0 Å². The molecule has 0 saturated heterocycles. The molecule has 0 bridgehead atoms. The summed E-state index contributed by atoms with van der Waals surface area (Å²) in [6.07, 6.45) is 4.19. The lowest BCUT2D eigenvalue weighted by Crippen LogP contribution is -2.42. The van der Waals surface area contributed by atoms with E-state index in [1.807, 2.05) is 7.05 Å². The van der Waals surface area contributed by atoms with Gasteiger partial charge in [-0.05, 0) is 70.8 Å². The molecule has 23 heavy (non-hydrogen) atoms. The summed E-state index contributed by atoms with van der Waals surface area (Å²) in [6.45, 7) is 14.5. The molecular formula is C19H34ClN3. The molecule has 0 heterocycles.